The van der Waals surface area contributed by atoms with Gasteiger partial charge in [-0.2, -0.15) is 5.11 Å². The Bertz CT molecular complexity index is 373. The molecule has 66 valence electrons. The number of rotatable bonds is 0. The van der Waals surface area contributed by atoms with Crippen molar-refractivity contribution in [2.24, 2.45) is 15.2 Å². The second-order valence-corrected chi connectivity index (χ2v) is 4.07. The maximum Gasteiger partial charge on any atom is 0.261 e. The van der Waals surface area contributed by atoms with Gasteiger partial charge in [-0.05, 0) is 0 Å². The Labute approximate surface area is 78.6 Å². The van der Waals surface area contributed by atoms with Crippen molar-refractivity contribution in [2.75, 3.05) is 12.3 Å². The van der Waals surface area contributed by atoms with E-state index in [0.29, 0.717) is 11.4 Å². The van der Waals surface area contributed by atoms with Gasteiger partial charge in [-0.1, -0.05) is 0 Å². The van der Waals surface area contributed by atoms with Crippen LogP contribution in [0.2, 0.25) is 0 Å². The van der Waals surface area contributed by atoms with Crippen molar-refractivity contribution in [3.05, 3.63) is 11.8 Å². The fourth-order valence-corrected chi connectivity index (χ4v) is 2.59. The minimum absolute atomic E-state index is 0.0185. The zero-order chi connectivity index (χ0) is 8.84. The fourth-order valence-electron chi connectivity index (χ4n) is 1.52. The molecule has 0 saturated carbocycles. The van der Waals surface area contributed by atoms with Gasteiger partial charge in [0.25, 0.3) is 5.91 Å². The average Bonchev–Trinajstić information content (AvgIpc) is 2.71. The first-order valence-corrected chi connectivity index (χ1v) is 5.03. The molecule has 3 rings (SSSR count). The molecule has 3 heterocycles. The summed E-state index contributed by atoms with van der Waals surface area (Å²) in [5, 5.41) is 7.47. The third-order valence-corrected chi connectivity index (χ3v) is 3.25. The molecule has 0 aliphatic carbocycles. The highest BCUT2D eigenvalue weighted by atomic mass is 32.2. The van der Waals surface area contributed by atoms with E-state index in [1.54, 1.807) is 16.7 Å². The van der Waals surface area contributed by atoms with Crippen LogP contribution >= 0.6 is 11.8 Å². The van der Waals surface area contributed by atoms with E-state index in [0.717, 1.165) is 12.3 Å². The van der Waals surface area contributed by atoms with Crippen LogP contribution in [-0.4, -0.2) is 34.4 Å². The van der Waals surface area contributed by atoms with Crippen LogP contribution in [0.4, 0.5) is 0 Å². The van der Waals surface area contributed by atoms with Crippen LogP contribution in [0.15, 0.2) is 27.0 Å². The van der Waals surface area contributed by atoms with E-state index < -0.39 is 0 Å². The molecule has 0 aromatic carbocycles. The van der Waals surface area contributed by atoms with Gasteiger partial charge in [0.1, 0.15) is 5.57 Å². The molecule has 1 unspecified atom stereocenters. The van der Waals surface area contributed by atoms with Crippen molar-refractivity contribution in [3.63, 3.8) is 0 Å². The third-order valence-electron chi connectivity index (χ3n) is 2.17. The number of carbonyl (C=O) groups excluding carboxylic acids is 1. The zero-order valence-electron chi connectivity index (χ0n) is 6.67. The van der Waals surface area contributed by atoms with Crippen LogP contribution in [0.1, 0.15) is 0 Å². The maximum atomic E-state index is 11.7. The van der Waals surface area contributed by atoms with Gasteiger partial charge in [0.05, 0.1) is 6.20 Å². The molecule has 0 aromatic rings. The topological polar surface area (TPSA) is 57.4 Å². The quantitative estimate of drug-likeness (QED) is 0.567. The molecule has 0 radical (unpaired) electrons. The Balaban J connectivity index is 2.09. The summed E-state index contributed by atoms with van der Waals surface area (Å²) in [6, 6.07) is 0. The Morgan fingerprint density at radius 2 is 2.54 bits per heavy atom. The number of fused-ring (bicyclic) bond motifs is 2. The van der Waals surface area contributed by atoms with E-state index in [1.807, 2.05) is 0 Å². The monoisotopic (exact) mass is 194 g/mol. The van der Waals surface area contributed by atoms with Crippen molar-refractivity contribution in [3.8, 4) is 0 Å². The second-order valence-electron chi connectivity index (χ2n) is 2.91. The van der Waals surface area contributed by atoms with Crippen LogP contribution in [-0.2, 0) is 4.79 Å². The third kappa shape index (κ3) is 0.888. The summed E-state index contributed by atoms with van der Waals surface area (Å²) in [6.45, 7) is 0.780. The minimum atomic E-state index is -0.0586. The first kappa shape index (κ1) is 7.25. The van der Waals surface area contributed by atoms with Gasteiger partial charge in [-0.15, -0.1) is 16.9 Å². The number of thioether (sulfide) groups is 1. The SMILES string of the molecule is O=C1C2=CN=NC2=NC2SCCN12. The number of nitrogens with zero attached hydrogens (tertiary/aromatic N) is 4. The van der Waals surface area contributed by atoms with Crippen LogP contribution in [0.25, 0.3) is 0 Å². The lowest BCUT2D eigenvalue weighted by atomic mass is 10.2. The molecule has 0 bridgehead atoms. The predicted octanol–water partition coefficient (Wildman–Crippen LogP) is 0.607. The molecule has 0 N–H and O–H groups in total. The molecule has 1 atom stereocenters. The normalized spacial score (nSPS) is 30.0. The van der Waals surface area contributed by atoms with E-state index in [9.17, 15) is 4.79 Å². The lowest BCUT2D eigenvalue weighted by molar-refractivity contribution is -0.126. The van der Waals surface area contributed by atoms with Gasteiger partial charge in [-0.25, -0.2) is 4.99 Å². The molecule has 1 amide bonds. The standard InChI is InChI=1S/C7H6N4OS/c12-6-4-3-8-10-5(4)9-7-11(6)1-2-13-7/h3,7H,1-2H2. The molecular weight excluding hydrogens is 188 g/mol. The van der Waals surface area contributed by atoms with Crippen molar-refractivity contribution in [2.45, 2.75) is 5.50 Å². The van der Waals surface area contributed by atoms with Crippen molar-refractivity contribution < 1.29 is 4.79 Å². The van der Waals surface area contributed by atoms with Gasteiger partial charge in [0.15, 0.2) is 11.3 Å². The molecule has 3 aliphatic heterocycles. The first-order chi connectivity index (χ1) is 6.36. The van der Waals surface area contributed by atoms with Crippen molar-refractivity contribution >= 4 is 23.5 Å². The van der Waals surface area contributed by atoms with Gasteiger partial charge in [-0.3, -0.25) is 4.79 Å². The first-order valence-electron chi connectivity index (χ1n) is 3.98. The van der Waals surface area contributed by atoms with E-state index >= 15 is 0 Å². The van der Waals surface area contributed by atoms with Crippen LogP contribution < -0.4 is 0 Å². The molecule has 13 heavy (non-hydrogen) atoms. The summed E-state index contributed by atoms with van der Waals surface area (Å²) in [5.41, 5.74) is 0.482. The number of carbonyl (C=O) groups is 1. The summed E-state index contributed by atoms with van der Waals surface area (Å²) in [7, 11) is 0. The Hall–Kier alpha value is -1.17. The molecule has 6 heteroatoms. The summed E-state index contributed by atoms with van der Waals surface area (Å²) >= 11 is 1.67. The maximum absolute atomic E-state index is 11.7. The molecule has 5 nitrogen and oxygen atoms in total. The Kier molecular flexibility index (Phi) is 1.35. The van der Waals surface area contributed by atoms with Gasteiger partial charge >= 0.3 is 0 Å². The molecule has 3 aliphatic rings. The van der Waals surface area contributed by atoms with E-state index in [4.69, 9.17) is 0 Å². The number of amidine groups is 1. The smallest absolute Gasteiger partial charge is 0.261 e. The zero-order valence-corrected chi connectivity index (χ0v) is 7.49. The highest BCUT2D eigenvalue weighted by Crippen LogP contribution is 2.32. The summed E-state index contributed by atoms with van der Waals surface area (Å²) in [4.78, 5) is 17.8. The van der Waals surface area contributed by atoms with E-state index in [2.05, 4.69) is 15.2 Å². The average molecular weight is 194 g/mol. The number of hydrogen-bond acceptors (Lipinski definition) is 5. The molecule has 0 aromatic heterocycles. The predicted molar refractivity (Wildman–Crippen MR) is 48.3 cm³/mol. The fraction of sp³-hybridized carbons (Fsp3) is 0.429. The number of hydrogen-bond donors (Lipinski definition) is 0. The van der Waals surface area contributed by atoms with Crippen LogP contribution in [0.3, 0.4) is 0 Å². The number of aliphatic imine (C=N–C) groups is 1. The van der Waals surface area contributed by atoms with E-state index in [-0.39, 0.29) is 11.4 Å². The molecular formula is C7H6N4OS. The highest BCUT2D eigenvalue weighted by molar-refractivity contribution is 8.00. The summed E-state index contributed by atoms with van der Waals surface area (Å²) in [5.74, 6) is 1.48. The number of azo groups is 1. The largest absolute Gasteiger partial charge is 0.307 e. The molecule has 0 spiro atoms. The van der Waals surface area contributed by atoms with Crippen molar-refractivity contribution in [1.29, 1.82) is 0 Å². The summed E-state index contributed by atoms with van der Waals surface area (Å²) < 4.78 is 0. The Morgan fingerprint density at radius 1 is 1.62 bits per heavy atom. The molecule has 1 fully saturated rings. The molecule has 1 saturated heterocycles. The lowest BCUT2D eigenvalue weighted by Gasteiger charge is -2.24. The van der Waals surface area contributed by atoms with Gasteiger partial charge < -0.3 is 4.90 Å². The second kappa shape index (κ2) is 2.41. The summed E-state index contributed by atoms with van der Waals surface area (Å²) in [6.07, 6.45) is 1.49. The number of amides is 1. The van der Waals surface area contributed by atoms with Gasteiger partial charge in [0.2, 0.25) is 0 Å². The van der Waals surface area contributed by atoms with Crippen molar-refractivity contribution in [1.82, 2.24) is 4.90 Å². The minimum Gasteiger partial charge on any atom is -0.307 e. The van der Waals surface area contributed by atoms with Crippen LogP contribution in [0, 0.1) is 0 Å². The van der Waals surface area contributed by atoms with Crippen LogP contribution in [0.5, 0.6) is 0 Å². The lowest BCUT2D eigenvalue weighted by Crippen LogP contribution is -2.40. The van der Waals surface area contributed by atoms with E-state index in [1.165, 1.54) is 6.20 Å². The van der Waals surface area contributed by atoms with Gasteiger partial charge in [0, 0.05) is 12.3 Å². The highest BCUT2D eigenvalue weighted by Gasteiger charge is 2.38. The Morgan fingerprint density at radius 3 is 3.46 bits per heavy atom.